The quantitative estimate of drug-likeness (QED) is 0.224. The molecule has 0 aliphatic carbocycles. The van der Waals surface area contributed by atoms with Gasteiger partial charge >= 0.3 is 0 Å². The fourth-order valence-corrected chi connectivity index (χ4v) is 3.53. The molecule has 0 aromatic carbocycles. The van der Waals surface area contributed by atoms with Crippen LogP contribution in [-0.2, 0) is 4.79 Å². The van der Waals surface area contributed by atoms with Crippen molar-refractivity contribution in [2.24, 2.45) is 0 Å². The van der Waals surface area contributed by atoms with E-state index in [4.69, 9.17) is 0 Å². The SMILES string of the molecule is CCCCCCCCCCCCCCCCCC(=O)NCCCCN(C)C. The van der Waals surface area contributed by atoms with E-state index in [2.05, 4.69) is 31.2 Å². The van der Waals surface area contributed by atoms with Gasteiger partial charge in [-0.2, -0.15) is 0 Å². The molecule has 0 spiro atoms. The summed E-state index contributed by atoms with van der Waals surface area (Å²) >= 11 is 0. The predicted octanol–water partition coefficient (Wildman–Crippen LogP) is 6.71. The number of nitrogens with one attached hydrogen (secondary N) is 1. The number of hydrogen-bond acceptors (Lipinski definition) is 2. The highest BCUT2D eigenvalue weighted by Gasteiger charge is 2.01. The van der Waals surface area contributed by atoms with Gasteiger partial charge in [-0.15, -0.1) is 0 Å². The number of hydrogen-bond donors (Lipinski definition) is 1. The van der Waals surface area contributed by atoms with Crippen molar-refractivity contribution in [3.8, 4) is 0 Å². The molecule has 3 heteroatoms. The number of unbranched alkanes of at least 4 members (excludes halogenated alkanes) is 15. The molecule has 1 amide bonds. The van der Waals surface area contributed by atoms with Gasteiger partial charge in [-0.3, -0.25) is 4.79 Å². The zero-order valence-electron chi connectivity index (χ0n) is 19.0. The van der Waals surface area contributed by atoms with Crippen molar-refractivity contribution in [2.75, 3.05) is 27.2 Å². The number of carbonyl (C=O) groups is 1. The molecule has 0 bridgehead atoms. The molecule has 0 unspecified atom stereocenters. The summed E-state index contributed by atoms with van der Waals surface area (Å²) in [5.41, 5.74) is 0. The second-order valence-electron chi connectivity index (χ2n) is 8.56. The van der Waals surface area contributed by atoms with E-state index >= 15 is 0 Å². The molecular weight excluding hydrogens is 332 g/mol. The molecule has 0 radical (unpaired) electrons. The van der Waals surface area contributed by atoms with Crippen molar-refractivity contribution in [3.63, 3.8) is 0 Å². The van der Waals surface area contributed by atoms with Gasteiger partial charge in [0.1, 0.15) is 0 Å². The lowest BCUT2D eigenvalue weighted by Crippen LogP contribution is -2.24. The van der Waals surface area contributed by atoms with Crippen LogP contribution in [0.5, 0.6) is 0 Å². The third-order valence-electron chi connectivity index (χ3n) is 5.36. The summed E-state index contributed by atoms with van der Waals surface area (Å²) in [6.07, 6.45) is 23.5. The van der Waals surface area contributed by atoms with Crippen LogP contribution in [0.3, 0.4) is 0 Å². The molecule has 0 fully saturated rings. The topological polar surface area (TPSA) is 32.3 Å². The minimum atomic E-state index is 0.245. The summed E-state index contributed by atoms with van der Waals surface area (Å²) in [5.74, 6) is 0.245. The van der Waals surface area contributed by atoms with E-state index in [0.717, 1.165) is 32.4 Å². The minimum absolute atomic E-state index is 0.245. The molecule has 0 aliphatic rings. The maximum atomic E-state index is 11.8. The molecule has 27 heavy (non-hydrogen) atoms. The molecule has 0 atom stereocenters. The fourth-order valence-electron chi connectivity index (χ4n) is 3.53. The molecular formula is C24H50N2O. The van der Waals surface area contributed by atoms with Crippen LogP contribution in [-0.4, -0.2) is 38.0 Å². The third-order valence-corrected chi connectivity index (χ3v) is 5.36. The van der Waals surface area contributed by atoms with Crippen LogP contribution < -0.4 is 5.32 Å². The predicted molar refractivity (Wildman–Crippen MR) is 120 cm³/mol. The van der Waals surface area contributed by atoms with E-state index < -0.39 is 0 Å². The summed E-state index contributed by atoms with van der Waals surface area (Å²) < 4.78 is 0. The molecule has 0 aromatic rings. The lowest BCUT2D eigenvalue weighted by molar-refractivity contribution is -0.121. The zero-order chi connectivity index (χ0) is 20.0. The van der Waals surface area contributed by atoms with Gasteiger partial charge in [0.15, 0.2) is 0 Å². The van der Waals surface area contributed by atoms with Crippen molar-refractivity contribution in [1.82, 2.24) is 10.2 Å². The minimum Gasteiger partial charge on any atom is -0.356 e. The standard InChI is InChI=1S/C24H50N2O/c1-4-5-6-7-8-9-10-11-12-13-14-15-16-17-18-21-24(27)25-22-19-20-23-26(2)3/h4-23H2,1-3H3,(H,25,27). The molecule has 162 valence electrons. The van der Waals surface area contributed by atoms with E-state index in [1.54, 1.807) is 0 Å². The van der Waals surface area contributed by atoms with Crippen LogP contribution in [0.15, 0.2) is 0 Å². The van der Waals surface area contributed by atoms with Gasteiger partial charge in [-0.05, 0) is 39.9 Å². The average Bonchev–Trinajstić information content (AvgIpc) is 2.64. The van der Waals surface area contributed by atoms with E-state index in [9.17, 15) is 4.79 Å². The highest BCUT2D eigenvalue weighted by Crippen LogP contribution is 2.13. The first-order valence-electron chi connectivity index (χ1n) is 12.1. The highest BCUT2D eigenvalue weighted by atomic mass is 16.1. The van der Waals surface area contributed by atoms with Gasteiger partial charge in [0, 0.05) is 13.0 Å². The lowest BCUT2D eigenvalue weighted by atomic mass is 10.0. The Morgan fingerprint density at radius 3 is 1.52 bits per heavy atom. The summed E-state index contributed by atoms with van der Waals surface area (Å²) in [5, 5.41) is 3.05. The van der Waals surface area contributed by atoms with E-state index in [-0.39, 0.29) is 5.91 Å². The normalized spacial score (nSPS) is 11.3. The molecule has 3 nitrogen and oxygen atoms in total. The monoisotopic (exact) mass is 382 g/mol. The van der Waals surface area contributed by atoms with Crippen LogP contribution in [0.2, 0.25) is 0 Å². The fraction of sp³-hybridized carbons (Fsp3) is 0.958. The molecule has 0 rings (SSSR count). The Bertz CT molecular complexity index is 305. The van der Waals surface area contributed by atoms with Crippen molar-refractivity contribution in [3.05, 3.63) is 0 Å². The maximum absolute atomic E-state index is 11.8. The van der Waals surface area contributed by atoms with Crippen LogP contribution >= 0.6 is 0 Å². The van der Waals surface area contributed by atoms with Crippen LogP contribution in [0.25, 0.3) is 0 Å². The van der Waals surface area contributed by atoms with Crippen LogP contribution in [0.1, 0.15) is 122 Å². The molecule has 0 saturated heterocycles. The van der Waals surface area contributed by atoms with Gasteiger partial charge < -0.3 is 10.2 Å². The average molecular weight is 383 g/mol. The van der Waals surface area contributed by atoms with Crippen molar-refractivity contribution in [2.45, 2.75) is 122 Å². The van der Waals surface area contributed by atoms with E-state index in [1.807, 2.05) is 0 Å². The van der Waals surface area contributed by atoms with Gasteiger partial charge in [0.05, 0.1) is 0 Å². The Balaban J connectivity index is 3.12. The molecule has 1 N–H and O–H groups in total. The lowest BCUT2D eigenvalue weighted by Gasteiger charge is -2.09. The molecule has 0 saturated carbocycles. The second kappa shape index (κ2) is 21.7. The third kappa shape index (κ3) is 23.4. The first kappa shape index (κ1) is 26.4. The Kier molecular flexibility index (Phi) is 21.3. The Morgan fingerprint density at radius 1 is 0.630 bits per heavy atom. The first-order valence-corrected chi connectivity index (χ1v) is 12.1. The van der Waals surface area contributed by atoms with Gasteiger partial charge in [-0.1, -0.05) is 96.8 Å². The van der Waals surface area contributed by atoms with Crippen LogP contribution in [0.4, 0.5) is 0 Å². The second-order valence-corrected chi connectivity index (χ2v) is 8.56. The summed E-state index contributed by atoms with van der Waals surface area (Å²) in [7, 11) is 4.18. The highest BCUT2D eigenvalue weighted by molar-refractivity contribution is 5.75. The largest absolute Gasteiger partial charge is 0.356 e. The Morgan fingerprint density at radius 2 is 1.07 bits per heavy atom. The maximum Gasteiger partial charge on any atom is 0.219 e. The van der Waals surface area contributed by atoms with Gasteiger partial charge in [0.2, 0.25) is 5.91 Å². The number of amides is 1. The Hall–Kier alpha value is -0.570. The summed E-state index contributed by atoms with van der Waals surface area (Å²) in [4.78, 5) is 13.9. The number of carbonyl (C=O) groups excluding carboxylic acids is 1. The van der Waals surface area contributed by atoms with Crippen LogP contribution in [0, 0.1) is 0 Å². The number of nitrogens with zero attached hydrogens (tertiary/aromatic N) is 1. The van der Waals surface area contributed by atoms with E-state index in [1.165, 1.54) is 89.9 Å². The van der Waals surface area contributed by atoms with Gasteiger partial charge in [0.25, 0.3) is 0 Å². The molecule has 0 aromatic heterocycles. The van der Waals surface area contributed by atoms with Gasteiger partial charge in [-0.25, -0.2) is 0 Å². The van der Waals surface area contributed by atoms with E-state index in [0.29, 0.717) is 6.42 Å². The van der Waals surface area contributed by atoms with Crippen molar-refractivity contribution in [1.29, 1.82) is 0 Å². The zero-order valence-corrected chi connectivity index (χ0v) is 19.0. The van der Waals surface area contributed by atoms with Crippen molar-refractivity contribution >= 4 is 5.91 Å². The Labute approximate surface area is 171 Å². The number of rotatable bonds is 21. The van der Waals surface area contributed by atoms with Crippen molar-refractivity contribution < 1.29 is 4.79 Å². The molecule has 0 aliphatic heterocycles. The molecule has 0 heterocycles. The first-order chi connectivity index (χ1) is 13.2. The summed E-state index contributed by atoms with van der Waals surface area (Å²) in [6.45, 7) is 4.23. The smallest absolute Gasteiger partial charge is 0.219 e. The summed E-state index contributed by atoms with van der Waals surface area (Å²) in [6, 6.07) is 0.